The first-order valence-electron chi connectivity index (χ1n) is 25.2. The highest BCUT2D eigenvalue weighted by Crippen LogP contribution is 2.43. The number of aliphatic hydroxyl groups excluding tert-OH is 2. The molecule has 0 radical (unpaired) electrons. The lowest BCUT2D eigenvalue weighted by molar-refractivity contribution is -0.125. The molecule has 0 saturated heterocycles. The second kappa shape index (κ2) is 44.5. The third-order valence-electron chi connectivity index (χ3n) is 11.8. The van der Waals surface area contributed by atoms with Crippen LogP contribution < -0.4 is 11.1 Å². The summed E-state index contributed by atoms with van der Waals surface area (Å²) in [5, 5.41) is 24.3. The van der Waals surface area contributed by atoms with Crippen molar-refractivity contribution in [3.8, 4) is 0 Å². The molecule has 58 heavy (non-hydrogen) atoms. The Kier molecular flexibility index (Phi) is 44.1. The Morgan fingerprint density at radius 1 is 0.517 bits per heavy atom. The molecule has 0 aliphatic rings. The highest BCUT2D eigenvalue weighted by molar-refractivity contribution is 7.47. The molecule has 0 aromatic carbocycles. The van der Waals surface area contributed by atoms with Crippen LogP contribution in [0.2, 0.25) is 0 Å². The minimum absolute atomic E-state index is 0.0629. The summed E-state index contributed by atoms with van der Waals surface area (Å²) < 4.78 is 22.2. The van der Waals surface area contributed by atoms with Crippen LogP contribution in [0.5, 0.6) is 0 Å². The summed E-state index contributed by atoms with van der Waals surface area (Å²) in [4.78, 5) is 22.9. The van der Waals surface area contributed by atoms with Crippen molar-refractivity contribution in [3.05, 3.63) is 0 Å². The first-order valence-corrected chi connectivity index (χ1v) is 26.7. The molecule has 9 nitrogen and oxygen atoms in total. The monoisotopic (exact) mass is 847 g/mol. The molecule has 10 heteroatoms. The molecule has 4 atom stereocenters. The number of phosphoric ester groups is 1. The molecule has 0 heterocycles. The van der Waals surface area contributed by atoms with Crippen LogP contribution >= 0.6 is 7.82 Å². The maximum Gasteiger partial charge on any atom is 0.472 e. The van der Waals surface area contributed by atoms with Crippen molar-refractivity contribution in [1.82, 2.24) is 5.32 Å². The maximum atomic E-state index is 12.9. The lowest BCUT2D eigenvalue weighted by Crippen LogP contribution is -2.47. The molecule has 0 aliphatic heterocycles. The molecular weight excluding hydrogens is 748 g/mol. The zero-order valence-corrected chi connectivity index (χ0v) is 39.3. The van der Waals surface area contributed by atoms with E-state index in [1.165, 1.54) is 193 Å². The quantitative estimate of drug-likeness (QED) is 0.0300. The fraction of sp³-hybridized carbons (Fsp3) is 0.979. The first-order chi connectivity index (χ1) is 28.3. The number of carbonyl (C=O) groups excluding carboxylic acids is 1. The number of phosphoric acid groups is 1. The topological polar surface area (TPSA) is 151 Å². The number of hydrogen-bond acceptors (Lipinski definition) is 7. The molecule has 4 unspecified atom stereocenters. The van der Waals surface area contributed by atoms with Crippen molar-refractivity contribution < 1.29 is 33.5 Å². The number of nitrogens with one attached hydrogen (secondary N) is 1. The number of nitrogens with two attached hydrogens (primary N) is 1. The highest BCUT2D eigenvalue weighted by Gasteiger charge is 2.28. The molecule has 0 aromatic rings. The van der Waals surface area contributed by atoms with Gasteiger partial charge in [-0.15, -0.1) is 0 Å². The van der Waals surface area contributed by atoms with Crippen LogP contribution in [0.15, 0.2) is 0 Å². The van der Waals surface area contributed by atoms with Gasteiger partial charge in [-0.25, -0.2) is 4.57 Å². The Labute approximate surface area is 359 Å². The number of amides is 1. The van der Waals surface area contributed by atoms with E-state index in [-0.39, 0.29) is 26.2 Å². The van der Waals surface area contributed by atoms with Gasteiger partial charge in [0.2, 0.25) is 5.91 Å². The SMILES string of the molecule is CCCCCCCCCCCCCCCCCCCCCCC(O)C(COP(=O)(O)OCCN)NC(=O)CC(O)CCCCCCCCCCCCCCCCCC. The number of rotatable bonds is 48. The fourth-order valence-corrected chi connectivity index (χ4v) is 8.71. The largest absolute Gasteiger partial charge is 0.472 e. The highest BCUT2D eigenvalue weighted by atomic mass is 31.2. The number of hydrogen-bond donors (Lipinski definition) is 5. The predicted octanol–water partition coefficient (Wildman–Crippen LogP) is 13.5. The van der Waals surface area contributed by atoms with Gasteiger partial charge in [-0.05, 0) is 12.8 Å². The Balaban J connectivity index is 4.13. The van der Waals surface area contributed by atoms with Crippen LogP contribution in [0.1, 0.15) is 264 Å². The van der Waals surface area contributed by atoms with E-state index in [0.717, 1.165) is 38.5 Å². The van der Waals surface area contributed by atoms with E-state index in [0.29, 0.717) is 12.8 Å². The summed E-state index contributed by atoms with van der Waals surface area (Å²) in [5.41, 5.74) is 5.39. The molecule has 6 N–H and O–H groups in total. The van der Waals surface area contributed by atoms with Crippen molar-refractivity contribution in [1.29, 1.82) is 0 Å². The van der Waals surface area contributed by atoms with Gasteiger partial charge in [-0.1, -0.05) is 245 Å². The van der Waals surface area contributed by atoms with E-state index in [4.69, 9.17) is 14.8 Å². The van der Waals surface area contributed by atoms with Crippen LogP contribution in [-0.2, 0) is 18.4 Å². The van der Waals surface area contributed by atoms with Crippen molar-refractivity contribution in [2.24, 2.45) is 5.73 Å². The van der Waals surface area contributed by atoms with Crippen molar-refractivity contribution in [3.63, 3.8) is 0 Å². The summed E-state index contributed by atoms with van der Waals surface area (Å²) >= 11 is 0. The second-order valence-electron chi connectivity index (χ2n) is 17.6. The van der Waals surface area contributed by atoms with Crippen molar-refractivity contribution in [2.75, 3.05) is 19.8 Å². The van der Waals surface area contributed by atoms with E-state index in [2.05, 4.69) is 19.2 Å². The van der Waals surface area contributed by atoms with Crippen LogP contribution in [0.25, 0.3) is 0 Å². The van der Waals surface area contributed by atoms with Gasteiger partial charge in [-0.2, -0.15) is 0 Å². The van der Waals surface area contributed by atoms with Gasteiger partial charge in [-0.3, -0.25) is 13.8 Å². The van der Waals surface area contributed by atoms with Gasteiger partial charge >= 0.3 is 7.82 Å². The summed E-state index contributed by atoms with van der Waals surface area (Å²) in [6, 6.07) is -0.891. The van der Waals surface area contributed by atoms with Gasteiger partial charge in [0.25, 0.3) is 0 Å². The molecule has 0 aromatic heterocycles. The number of unbranched alkanes of at least 4 members (excludes halogenated alkanes) is 34. The maximum absolute atomic E-state index is 12.9. The van der Waals surface area contributed by atoms with E-state index in [9.17, 15) is 24.5 Å². The fourth-order valence-electron chi connectivity index (χ4n) is 7.95. The number of carbonyl (C=O) groups is 1. The zero-order chi connectivity index (χ0) is 42.6. The average Bonchev–Trinajstić information content (AvgIpc) is 3.20. The third-order valence-corrected chi connectivity index (χ3v) is 12.7. The molecule has 0 spiro atoms. The van der Waals surface area contributed by atoms with Crippen LogP contribution in [-0.4, -0.2) is 59.0 Å². The van der Waals surface area contributed by atoms with Gasteiger partial charge < -0.3 is 26.2 Å². The smallest absolute Gasteiger partial charge is 0.393 e. The average molecular weight is 847 g/mol. The van der Waals surface area contributed by atoms with Crippen LogP contribution in [0.4, 0.5) is 0 Å². The lowest BCUT2D eigenvalue weighted by atomic mass is 10.0. The minimum Gasteiger partial charge on any atom is -0.393 e. The molecule has 0 aliphatic carbocycles. The van der Waals surface area contributed by atoms with E-state index >= 15 is 0 Å². The minimum atomic E-state index is -4.37. The van der Waals surface area contributed by atoms with Gasteiger partial charge in [0.1, 0.15) is 0 Å². The summed E-state index contributed by atoms with van der Waals surface area (Å²) in [7, 11) is -4.37. The molecular formula is C48H99N2O7P. The Bertz CT molecular complexity index is 898. The molecule has 0 bridgehead atoms. The van der Waals surface area contributed by atoms with Crippen molar-refractivity contribution >= 4 is 13.7 Å². The van der Waals surface area contributed by atoms with Crippen molar-refractivity contribution in [2.45, 2.75) is 283 Å². The molecule has 0 rings (SSSR count). The Hall–Kier alpha value is -0.540. The normalized spacial score (nSPS) is 14.4. The number of aliphatic hydroxyl groups is 2. The second-order valence-corrected chi connectivity index (χ2v) is 19.0. The van der Waals surface area contributed by atoms with Gasteiger partial charge in [0.05, 0.1) is 37.9 Å². The van der Waals surface area contributed by atoms with Gasteiger partial charge in [0, 0.05) is 6.54 Å². The van der Waals surface area contributed by atoms with Crippen LogP contribution in [0.3, 0.4) is 0 Å². The molecule has 348 valence electrons. The van der Waals surface area contributed by atoms with E-state index in [1.807, 2.05) is 0 Å². The Morgan fingerprint density at radius 3 is 1.16 bits per heavy atom. The first kappa shape index (κ1) is 57.5. The van der Waals surface area contributed by atoms with Gasteiger partial charge in [0.15, 0.2) is 0 Å². The van der Waals surface area contributed by atoms with E-state index in [1.54, 1.807) is 0 Å². The predicted molar refractivity (Wildman–Crippen MR) is 246 cm³/mol. The lowest BCUT2D eigenvalue weighted by Gasteiger charge is -2.25. The standard InChI is InChI=1S/C48H99N2O7P/c1-3-5-7-9-11-13-15-17-19-21-22-23-24-26-28-30-32-34-36-38-40-47(52)46(44-57-58(54,55)56-42-41-49)50-48(53)43-45(51)39-37-35-33-31-29-27-25-20-18-16-14-12-10-8-6-4-2/h45-47,51-52H,3-44,49H2,1-2H3,(H,50,53)(H,54,55). The summed E-state index contributed by atoms with van der Waals surface area (Å²) in [6.07, 6.45) is 45.8. The van der Waals surface area contributed by atoms with Crippen LogP contribution in [0, 0.1) is 0 Å². The summed E-state index contributed by atoms with van der Waals surface area (Å²) in [5.74, 6) is -0.407. The summed E-state index contributed by atoms with van der Waals surface area (Å²) in [6.45, 7) is 4.09. The molecule has 0 saturated carbocycles. The Morgan fingerprint density at radius 2 is 0.828 bits per heavy atom. The molecule has 0 fully saturated rings. The molecule has 1 amide bonds. The zero-order valence-electron chi connectivity index (χ0n) is 38.4. The third kappa shape index (κ3) is 42.2. The van der Waals surface area contributed by atoms with E-state index < -0.39 is 32.0 Å².